The molecule has 0 aliphatic heterocycles. The fourth-order valence-electron chi connectivity index (χ4n) is 2.88. The van der Waals surface area contributed by atoms with Crippen LogP contribution in [-0.2, 0) is 4.79 Å². The Morgan fingerprint density at radius 3 is 2.45 bits per heavy atom. The number of nitrogens with zero attached hydrogens (tertiary/aromatic N) is 4. The molecule has 0 unspecified atom stereocenters. The van der Waals surface area contributed by atoms with Gasteiger partial charge in [0.05, 0.1) is 5.75 Å². The van der Waals surface area contributed by atoms with Gasteiger partial charge in [-0.15, -0.1) is 10.2 Å². The van der Waals surface area contributed by atoms with Crippen molar-refractivity contribution in [2.45, 2.75) is 19.0 Å². The van der Waals surface area contributed by atoms with Gasteiger partial charge in [-0.1, -0.05) is 53.7 Å². The molecule has 0 spiro atoms. The first-order chi connectivity index (χ1) is 14.0. The predicted molar refractivity (Wildman–Crippen MR) is 120 cm³/mol. The topological polar surface area (TPSA) is 51.0 Å². The van der Waals surface area contributed by atoms with Crippen LogP contribution in [0.15, 0.2) is 71.9 Å². The van der Waals surface area contributed by atoms with Crippen molar-refractivity contribution in [3.8, 4) is 17.1 Å². The van der Waals surface area contributed by atoms with E-state index in [9.17, 15) is 4.79 Å². The van der Waals surface area contributed by atoms with Gasteiger partial charge in [0.1, 0.15) is 0 Å². The zero-order chi connectivity index (χ0) is 20.8. The summed E-state index contributed by atoms with van der Waals surface area (Å²) >= 11 is 7.41. The highest BCUT2D eigenvalue weighted by molar-refractivity contribution is 7.99. The number of carbonyl (C=O) groups excluding carboxylic acids is 1. The number of hydrogen-bond acceptors (Lipinski definition) is 4. The molecule has 1 heterocycles. The Balaban J connectivity index is 1.90. The first kappa shape index (κ1) is 21.1. The van der Waals surface area contributed by atoms with Gasteiger partial charge in [-0.2, -0.15) is 0 Å². The lowest BCUT2D eigenvalue weighted by Gasteiger charge is -2.20. The van der Waals surface area contributed by atoms with Gasteiger partial charge in [-0.05, 0) is 50.2 Å². The number of aromatic nitrogens is 3. The van der Waals surface area contributed by atoms with Crippen LogP contribution >= 0.6 is 23.4 Å². The molecule has 0 aliphatic rings. The van der Waals surface area contributed by atoms with Crippen LogP contribution in [0.25, 0.3) is 17.1 Å². The van der Waals surface area contributed by atoms with E-state index in [0.29, 0.717) is 29.1 Å². The molecule has 150 valence electrons. The van der Waals surface area contributed by atoms with E-state index in [4.69, 9.17) is 11.6 Å². The van der Waals surface area contributed by atoms with E-state index in [1.807, 2.05) is 73.0 Å². The first-order valence-electron chi connectivity index (χ1n) is 9.31. The summed E-state index contributed by atoms with van der Waals surface area (Å²) in [6, 6.07) is 17.4. The van der Waals surface area contributed by atoms with Crippen LogP contribution in [0.3, 0.4) is 0 Å². The SMILES string of the molecule is C=C(C)CN(CC)C(=O)CSc1nnc(-c2ccc(Cl)cc2)n1-c1ccccc1. The lowest BCUT2D eigenvalue weighted by Crippen LogP contribution is -2.33. The van der Waals surface area contributed by atoms with Gasteiger partial charge < -0.3 is 4.90 Å². The van der Waals surface area contributed by atoms with E-state index in [1.165, 1.54) is 11.8 Å². The largest absolute Gasteiger partial charge is 0.338 e. The molecule has 29 heavy (non-hydrogen) atoms. The van der Waals surface area contributed by atoms with Gasteiger partial charge in [0.15, 0.2) is 11.0 Å². The maximum atomic E-state index is 12.6. The highest BCUT2D eigenvalue weighted by atomic mass is 35.5. The molecule has 3 aromatic rings. The number of halogens is 1. The monoisotopic (exact) mass is 426 g/mol. The lowest BCUT2D eigenvalue weighted by atomic mass is 10.2. The Kier molecular flexibility index (Phi) is 7.12. The third-order valence-electron chi connectivity index (χ3n) is 4.27. The number of benzene rings is 2. The summed E-state index contributed by atoms with van der Waals surface area (Å²) in [7, 11) is 0. The van der Waals surface area contributed by atoms with Crippen molar-refractivity contribution in [3.05, 3.63) is 71.8 Å². The average Bonchev–Trinajstić information content (AvgIpc) is 3.15. The molecule has 1 aromatic heterocycles. The fourth-order valence-corrected chi connectivity index (χ4v) is 3.86. The molecule has 0 fully saturated rings. The van der Waals surface area contributed by atoms with E-state index < -0.39 is 0 Å². The molecular weight excluding hydrogens is 404 g/mol. The summed E-state index contributed by atoms with van der Waals surface area (Å²) in [5, 5.41) is 10.1. The number of amides is 1. The summed E-state index contributed by atoms with van der Waals surface area (Å²) in [6.45, 7) is 9.01. The lowest BCUT2D eigenvalue weighted by molar-refractivity contribution is -0.127. The van der Waals surface area contributed by atoms with Crippen LogP contribution in [0, 0.1) is 0 Å². The molecule has 0 N–H and O–H groups in total. The first-order valence-corrected chi connectivity index (χ1v) is 10.7. The van der Waals surface area contributed by atoms with E-state index in [1.54, 1.807) is 4.90 Å². The zero-order valence-electron chi connectivity index (χ0n) is 16.5. The highest BCUT2D eigenvalue weighted by Crippen LogP contribution is 2.28. The second-order valence-corrected chi connectivity index (χ2v) is 8.02. The summed E-state index contributed by atoms with van der Waals surface area (Å²) in [5.74, 6) is 1.04. The van der Waals surface area contributed by atoms with Gasteiger partial charge >= 0.3 is 0 Å². The number of rotatable bonds is 8. The van der Waals surface area contributed by atoms with Gasteiger partial charge in [-0.3, -0.25) is 9.36 Å². The van der Waals surface area contributed by atoms with Crippen LogP contribution in [-0.4, -0.2) is 44.4 Å². The van der Waals surface area contributed by atoms with Gasteiger partial charge in [0.2, 0.25) is 5.91 Å². The number of para-hydroxylation sites is 1. The van der Waals surface area contributed by atoms with Crippen molar-refractivity contribution in [1.82, 2.24) is 19.7 Å². The molecule has 0 aliphatic carbocycles. The highest BCUT2D eigenvalue weighted by Gasteiger charge is 2.19. The normalized spacial score (nSPS) is 10.7. The smallest absolute Gasteiger partial charge is 0.233 e. The van der Waals surface area contributed by atoms with Crippen molar-refractivity contribution in [1.29, 1.82) is 0 Å². The van der Waals surface area contributed by atoms with Crippen LogP contribution in [0.5, 0.6) is 0 Å². The maximum Gasteiger partial charge on any atom is 0.233 e. The minimum atomic E-state index is 0.0520. The van der Waals surface area contributed by atoms with Crippen LogP contribution < -0.4 is 0 Å². The quantitative estimate of drug-likeness (QED) is 0.371. The Morgan fingerprint density at radius 2 is 1.83 bits per heavy atom. The molecule has 0 atom stereocenters. The van der Waals surface area contributed by atoms with Crippen molar-refractivity contribution in [2.75, 3.05) is 18.8 Å². The van der Waals surface area contributed by atoms with Gasteiger partial charge in [-0.25, -0.2) is 0 Å². The van der Waals surface area contributed by atoms with E-state index in [0.717, 1.165) is 16.8 Å². The van der Waals surface area contributed by atoms with E-state index in [-0.39, 0.29) is 11.7 Å². The Bertz CT molecular complexity index is 986. The maximum absolute atomic E-state index is 12.6. The minimum Gasteiger partial charge on any atom is -0.338 e. The molecular formula is C22H23ClN4OS. The molecule has 0 bridgehead atoms. The van der Waals surface area contributed by atoms with Gasteiger partial charge in [0, 0.05) is 29.4 Å². The zero-order valence-corrected chi connectivity index (χ0v) is 18.1. The Morgan fingerprint density at radius 1 is 1.14 bits per heavy atom. The van der Waals surface area contributed by atoms with Crippen LogP contribution in [0.2, 0.25) is 5.02 Å². The molecule has 3 rings (SSSR count). The standard InChI is InChI=1S/C22H23ClN4OS/c1-4-26(14-16(2)3)20(28)15-29-22-25-24-21(17-10-12-18(23)13-11-17)27(22)19-8-6-5-7-9-19/h5-13H,2,4,14-15H2,1,3H3. The summed E-state index contributed by atoms with van der Waals surface area (Å²) < 4.78 is 1.97. The van der Waals surface area contributed by atoms with Crippen molar-refractivity contribution < 1.29 is 4.79 Å². The summed E-state index contributed by atoms with van der Waals surface area (Å²) in [4.78, 5) is 14.4. The Labute approximate surface area is 180 Å². The van der Waals surface area contributed by atoms with Crippen LogP contribution in [0.4, 0.5) is 0 Å². The predicted octanol–water partition coefficient (Wildman–Crippen LogP) is 5.10. The Hall–Kier alpha value is -2.57. The second kappa shape index (κ2) is 9.76. The van der Waals surface area contributed by atoms with Gasteiger partial charge in [0.25, 0.3) is 0 Å². The van der Waals surface area contributed by atoms with Crippen molar-refractivity contribution >= 4 is 29.3 Å². The van der Waals surface area contributed by atoms with Crippen LogP contribution in [0.1, 0.15) is 13.8 Å². The molecule has 1 amide bonds. The number of carbonyl (C=O) groups is 1. The molecule has 0 radical (unpaired) electrons. The third-order valence-corrected chi connectivity index (χ3v) is 5.44. The summed E-state index contributed by atoms with van der Waals surface area (Å²) in [6.07, 6.45) is 0. The molecule has 0 saturated heterocycles. The second-order valence-electron chi connectivity index (χ2n) is 6.64. The fraction of sp³-hybridized carbons (Fsp3) is 0.227. The molecule has 7 heteroatoms. The number of hydrogen-bond donors (Lipinski definition) is 0. The average molecular weight is 427 g/mol. The molecule has 0 saturated carbocycles. The molecule has 2 aromatic carbocycles. The van der Waals surface area contributed by atoms with E-state index >= 15 is 0 Å². The number of thioether (sulfide) groups is 1. The van der Waals surface area contributed by atoms with Crippen molar-refractivity contribution in [2.24, 2.45) is 0 Å². The summed E-state index contributed by atoms with van der Waals surface area (Å²) in [5.41, 5.74) is 2.80. The number of likely N-dealkylation sites (N-methyl/N-ethyl adjacent to an activating group) is 1. The van der Waals surface area contributed by atoms with Crippen molar-refractivity contribution in [3.63, 3.8) is 0 Å². The van der Waals surface area contributed by atoms with E-state index in [2.05, 4.69) is 16.8 Å². The minimum absolute atomic E-state index is 0.0520. The third kappa shape index (κ3) is 5.28. The molecule has 5 nitrogen and oxygen atoms in total.